The molecule has 0 saturated heterocycles. The van der Waals surface area contributed by atoms with E-state index in [2.05, 4.69) is 11.2 Å². The molecule has 1 atom stereocenters. The van der Waals surface area contributed by atoms with Crippen LogP contribution in [0.5, 0.6) is 5.75 Å². The molecule has 0 aliphatic rings. The fourth-order valence-electron chi connectivity index (χ4n) is 1.51. The third-order valence-corrected chi connectivity index (χ3v) is 2.76. The second-order valence-corrected chi connectivity index (χ2v) is 4.61. The Morgan fingerprint density at radius 2 is 2.32 bits per heavy atom. The fourth-order valence-corrected chi connectivity index (χ4v) is 1.69. The van der Waals surface area contributed by atoms with Crippen molar-refractivity contribution in [2.24, 2.45) is 0 Å². The summed E-state index contributed by atoms with van der Waals surface area (Å²) < 4.78 is 5.51. The lowest BCUT2D eigenvalue weighted by Crippen LogP contribution is -2.36. The number of unbranched alkanes of at least 4 members (excludes halogenated alkanes) is 2. The highest BCUT2D eigenvalue weighted by Crippen LogP contribution is 2.18. The van der Waals surface area contributed by atoms with Gasteiger partial charge in [0.15, 0.2) is 6.10 Å². The molecule has 3 nitrogen and oxygen atoms in total. The lowest BCUT2D eigenvalue weighted by molar-refractivity contribution is -0.127. The van der Waals surface area contributed by atoms with Gasteiger partial charge in [0.1, 0.15) is 5.75 Å². The van der Waals surface area contributed by atoms with Crippen molar-refractivity contribution in [3.05, 3.63) is 29.3 Å². The predicted molar refractivity (Wildman–Crippen MR) is 77.2 cm³/mol. The molecule has 4 heteroatoms. The maximum absolute atomic E-state index is 11.8. The van der Waals surface area contributed by atoms with Crippen molar-refractivity contribution in [2.75, 3.05) is 6.54 Å². The van der Waals surface area contributed by atoms with Gasteiger partial charge in [-0.3, -0.25) is 4.79 Å². The minimum Gasteiger partial charge on any atom is -0.481 e. The van der Waals surface area contributed by atoms with Gasteiger partial charge in [-0.15, -0.1) is 12.3 Å². The zero-order valence-corrected chi connectivity index (χ0v) is 11.7. The minimum absolute atomic E-state index is 0.138. The molecule has 1 N–H and O–H groups in total. The summed E-state index contributed by atoms with van der Waals surface area (Å²) in [6.45, 7) is 2.32. The van der Waals surface area contributed by atoms with Crippen molar-refractivity contribution < 1.29 is 9.53 Å². The van der Waals surface area contributed by atoms with Crippen LogP contribution in [-0.4, -0.2) is 18.6 Å². The van der Waals surface area contributed by atoms with E-state index in [1.807, 2.05) is 0 Å². The highest BCUT2D eigenvalue weighted by molar-refractivity contribution is 6.30. The molecule has 0 aromatic heterocycles. The van der Waals surface area contributed by atoms with Gasteiger partial charge in [0.05, 0.1) is 0 Å². The fraction of sp³-hybridized carbons (Fsp3) is 0.400. The molecule has 19 heavy (non-hydrogen) atoms. The van der Waals surface area contributed by atoms with Gasteiger partial charge in [0.25, 0.3) is 5.91 Å². The number of terminal acetylenes is 1. The third kappa shape index (κ3) is 6.17. The Balaban J connectivity index is 2.31. The SMILES string of the molecule is C#CCCCCNC(=O)C(C)Oc1cccc(Cl)c1. The van der Waals surface area contributed by atoms with Gasteiger partial charge < -0.3 is 10.1 Å². The first kappa shape index (κ1) is 15.4. The van der Waals surface area contributed by atoms with Gasteiger partial charge in [-0.2, -0.15) is 0 Å². The van der Waals surface area contributed by atoms with E-state index in [1.165, 1.54) is 0 Å². The van der Waals surface area contributed by atoms with Gasteiger partial charge >= 0.3 is 0 Å². The van der Waals surface area contributed by atoms with Crippen LogP contribution in [0.25, 0.3) is 0 Å². The smallest absolute Gasteiger partial charge is 0.260 e. The maximum atomic E-state index is 11.8. The summed E-state index contributed by atoms with van der Waals surface area (Å²) >= 11 is 5.84. The van der Waals surface area contributed by atoms with Crippen molar-refractivity contribution in [1.82, 2.24) is 5.32 Å². The van der Waals surface area contributed by atoms with E-state index in [9.17, 15) is 4.79 Å². The van der Waals surface area contributed by atoms with E-state index in [4.69, 9.17) is 22.8 Å². The molecule has 0 bridgehead atoms. The molecule has 0 heterocycles. The maximum Gasteiger partial charge on any atom is 0.260 e. The van der Waals surface area contributed by atoms with Crippen LogP contribution < -0.4 is 10.1 Å². The van der Waals surface area contributed by atoms with Gasteiger partial charge in [-0.05, 0) is 38.0 Å². The molecule has 1 amide bonds. The molecule has 102 valence electrons. The lowest BCUT2D eigenvalue weighted by Gasteiger charge is -2.14. The van der Waals surface area contributed by atoms with E-state index in [-0.39, 0.29) is 5.91 Å². The van der Waals surface area contributed by atoms with Gasteiger partial charge in [-0.1, -0.05) is 17.7 Å². The van der Waals surface area contributed by atoms with Crippen LogP contribution in [0, 0.1) is 12.3 Å². The number of hydrogen-bond acceptors (Lipinski definition) is 2. The number of carbonyl (C=O) groups excluding carboxylic acids is 1. The average Bonchev–Trinajstić information content (AvgIpc) is 2.38. The van der Waals surface area contributed by atoms with Gasteiger partial charge in [0, 0.05) is 18.0 Å². The van der Waals surface area contributed by atoms with E-state index in [1.54, 1.807) is 31.2 Å². The summed E-state index contributed by atoms with van der Waals surface area (Å²) in [5.74, 6) is 3.01. The number of ether oxygens (including phenoxy) is 1. The van der Waals surface area contributed by atoms with Crippen molar-refractivity contribution in [2.45, 2.75) is 32.3 Å². The average molecular weight is 280 g/mol. The highest BCUT2D eigenvalue weighted by Gasteiger charge is 2.13. The van der Waals surface area contributed by atoms with Crippen molar-refractivity contribution in [3.63, 3.8) is 0 Å². The van der Waals surface area contributed by atoms with Crippen LogP contribution in [-0.2, 0) is 4.79 Å². The molecule has 1 aromatic carbocycles. The molecule has 0 aliphatic heterocycles. The first-order valence-corrected chi connectivity index (χ1v) is 6.64. The minimum atomic E-state index is -0.550. The van der Waals surface area contributed by atoms with Crippen LogP contribution >= 0.6 is 11.6 Å². The predicted octanol–water partition coefficient (Wildman–Crippen LogP) is 3.03. The first-order chi connectivity index (χ1) is 9.13. The number of amides is 1. The zero-order chi connectivity index (χ0) is 14.1. The second kappa shape index (κ2) is 8.44. The summed E-state index contributed by atoms with van der Waals surface area (Å²) in [6, 6.07) is 6.98. The molecule has 0 radical (unpaired) electrons. The molecule has 1 aromatic rings. The monoisotopic (exact) mass is 279 g/mol. The number of nitrogens with one attached hydrogen (secondary N) is 1. The number of hydrogen-bond donors (Lipinski definition) is 1. The Labute approximate surface area is 119 Å². The summed E-state index contributed by atoms with van der Waals surface area (Å²) in [6.07, 6.45) is 7.13. The molecule has 0 aliphatic carbocycles. The van der Waals surface area contributed by atoms with E-state index in [0.717, 1.165) is 19.3 Å². The molecule has 0 saturated carbocycles. The summed E-state index contributed by atoms with van der Waals surface area (Å²) in [5.41, 5.74) is 0. The van der Waals surface area contributed by atoms with Crippen LogP contribution in [0.1, 0.15) is 26.2 Å². The molecule has 0 fully saturated rings. The topological polar surface area (TPSA) is 38.3 Å². The molecule has 1 rings (SSSR count). The number of halogens is 1. The van der Waals surface area contributed by atoms with E-state index >= 15 is 0 Å². The second-order valence-electron chi connectivity index (χ2n) is 4.17. The summed E-state index contributed by atoms with van der Waals surface area (Å²) in [7, 11) is 0. The third-order valence-electron chi connectivity index (χ3n) is 2.53. The Morgan fingerprint density at radius 3 is 3.00 bits per heavy atom. The van der Waals surface area contributed by atoms with Crippen LogP contribution in [0.15, 0.2) is 24.3 Å². The quantitative estimate of drug-likeness (QED) is 0.615. The number of benzene rings is 1. The van der Waals surface area contributed by atoms with Crippen molar-refractivity contribution >= 4 is 17.5 Å². The Hall–Kier alpha value is -1.66. The number of rotatable bonds is 7. The van der Waals surface area contributed by atoms with E-state index in [0.29, 0.717) is 17.3 Å². The summed E-state index contributed by atoms with van der Waals surface area (Å²) in [4.78, 5) is 11.8. The zero-order valence-electron chi connectivity index (χ0n) is 11.0. The van der Waals surface area contributed by atoms with Crippen molar-refractivity contribution in [3.8, 4) is 18.1 Å². The Morgan fingerprint density at radius 1 is 1.53 bits per heavy atom. The van der Waals surface area contributed by atoms with E-state index < -0.39 is 6.10 Å². The standard InChI is InChI=1S/C15H18ClNO2/c1-3-4-5-6-10-17-15(18)12(2)19-14-9-7-8-13(16)11-14/h1,7-9,11-12H,4-6,10H2,2H3,(H,17,18). The molecular weight excluding hydrogens is 262 g/mol. The number of carbonyl (C=O) groups is 1. The highest BCUT2D eigenvalue weighted by atomic mass is 35.5. The Bertz CT molecular complexity index is 454. The lowest BCUT2D eigenvalue weighted by atomic mass is 10.2. The molecule has 0 spiro atoms. The largest absolute Gasteiger partial charge is 0.481 e. The molecule has 1 unspecified atom stereocenters. The molecular formula is C15H18ClNO2. The van der Waals surface area contributed by atoms with Gasteiger partial charge in [-0.25, -0.2) is 0 Å². The Kier molecular flexibility index (Phi) is 6.84. The van der Waals surface area contributed by atoms with Crippen LogP contribution in [0.2, 0.25) is 5.02 Å². The van der Waals surface area contributed by atoms with Crippen LogP contribution in [0.4, 0.5) is 0 Å². The van der Waals surface area contributed by atoms with Crippen LogP contribution in [0.3, 0.4) is 0 Å². The van der Waals surface area contributed by atoms with Crippen molar-refractivity contribution in [1.29, 1.82) is 0 Å². The van der Waals surface area contributed by atoms with Gasteiger partial charge in [0.2, 0.25) is 0 Å². The summed E-state index contributed by atoms with van der Waals surface area (Å²) in [5, 5.41) is 3.39. The first-order valence-electron chi connectivity index (χ1n) is 6.27. The normalized spacial score (nSPS) is 11.4.